The quantitative estimate of drug-likeness (QED) is 0.0344. The number of ether oxygens (including phenoxy) is 3. The van der Waals surface area contributed by atoms with Gasteiger partial charge in [-0.05, 0) is 37.0 Å². The molecular weight excluding hydrogens is 793 g/mol. The van der Waals surface area contributed by atoms with Gasteiger partial charge in [0.05, 0.1) is 0 Å². The highest BCUT2D eigenvalue weighted by Gasteiger charge is 2.19. The van der Waals surface area contributed by atoms with E-state index in [4.69, 9.17) is 14.2 Å². The average molecular weight is 906 g/mol. The highest BCUT2D eigenvalue weighted by molar-refractivity contribution is 5.71. The minimum absolute atomic E-state index is 0.0637. The van der Waals surface area contributed by atoms with E-state index in [0.29, 0.717) is 19.3 Å². The predicted octanol–water partition coefficient (Wildman–Crippen LogP) is 18.7. The third-order valence-corrected chi connectivity index (χ3v) is 13.1. The van der Waals surface area contributed by atoms with Gasteiger partial charge in [-0.1, -0.05) is 279 Å². The van der Waals surface area contributed by atoms with Crippen molar-refractivity contribution in [3.8, 4) is 0 Å². The first-order chi connectivity index (χ1) is 31.1. The fourth-order valence-electron chi connectivity index (χ4n) is 8.82. The number of carbonyl (C=O) groups is 3. The standard InChI is InChI=1S/C58H112O6/c1-52(2)44-38-32-26-20-14-10-7-8-12-16-23-29-35-41-47-56(59)62-50-55(64-58(61)49-43-37-31-25-19-18-22-28-34-40-46-54(5)6)51-63-57(60)48-42-36-30-24-17-13-9-11-15-21-27-33-39-45-53(3)4/h52-55H,7-51H2,1-6H3/t55-/m1/s1. The zero-order chi connectivity index (χ0) is 47.0. The van der Waals surface area contributed by atoms with Crippen LogP contribution in [0.5, 0.6) is 0 Å². The molecule has 0 fully saturated rings. The van der Waals surface area contributed by atoms with Crippen molar-refractivity contribution in [3.63, 3.8) is 0 Å². The molecule has 6 nitrogen and oxygen atoms in total. The molecule has 0 aromatic carbocycles. The van der Waals surface area contributed by atoms with Crippen LogP contribution in [0.2, 0.25) is 0 Å². The van der Waals surface area contributed by atoms with Crippen molar-refractivity contribution < 1.29 is 28.6 Å². The molecule has 0 unspecified atom stereocenters. The molecule has 0 saturated heterocycles. The van der Waals surface area contributed by atoms with E-state index in [1.54, 1.807) is 0 Å². The minimum Gasteiger partial charge on any atom is -0.462 e. The topological polar surface area (TPSA) is 78.9 Å². The van der Waals surface area contributed by atoms with Gasteiger partial charge in [0.15, 0.2) is 6.10 Å². The Hall–Kier alpha value is -1.59. The number of carbonyl (C=O) groups excluding carboxylic acids is 3. The Kier molecular flexibility index (Phi) is 48.1. The summed E-state index contributed by atoms with van der Waals surface area (Å²) in [5, 5.41) is 0. The molecule has 0 aromatic rings. The lowest BCUT2D eigenvalue weighted by molar-refractivity contribution is -0.167. The van der Waals surface area contributed by atoms with Gasteiger partial charge in [-0.15, -0.1) is 0 Å². The monoisotopic (exact) mass is 905 g/mol. The van der Waals surface area contributed by atoms with Gasteiger partial charge in [-0.25, -0.2) is 0 Å². The van der Waals surface area contributed by atoms with E-state index in [9.17, 15) is 14.4 Å². The fraction of sp³-hybridized carbons (Fsp3) is 0.948. The Morgan fingerprint density at radius 2 is 0.453 bits per heavy atom. The lowest BCUT2D eigenvalue weighted by atomic mass is 10.0. The summed E-state index contributed by atoms with van der Waals surface area (Å²) in [5.74, 6) is 1.66. The molecule has 0 aliphatic heterocycles. The molecule has 0 spiro atoms. The van der Waals surface area contributed by atoms with Crippen LogP contribution in [0.15, 0.2) is 0 Å². The normalized spacial score (nSPS) is 12.1. The van der Waals surface area contributed by atoms with Crippen LogP contribution in [-0.4, -0.2) is 37.2 Å². The summed E-state index contributed by atoms with van der Waals surface area (Å²) >= 11 is 0. The molecule has 0 saturated carbocycles. The number of unbranched alkanes of at least 4 members (excludes halogenated alkanes) is 34. The van der Waals surface area contributed by atoms with Gasteiger partial charge >= 0.3 is 17.9 Å². The Balaban J connectivity index is 4.29. The molecule has 6 heteroatoms. The molecule has 0 bridgehead atoms. The van der Waals surface area contributed by atoms with Crippen molar-refractivity contribution in [3.05, 3.63) is 0 Å². The van der Waals surface area contributed by atoms with Gasteiger partial charge in [0, 0.05) is 19.3 Å². The largest absolute Gasteiger partial charge is 0.462 e. The highest BCUT2D eigenvalue weighted by atomic mass is 16.6. The second-order valence-corrected chi connectivity index (χ2v) is 21.4. The zero-order valence-corrected chi connectivity index (χ0v) is 44.1. The third-order valence-electron chi connectivity index (χ3n) is 13.1. The molecule has 380 valence electrons. The van der Waals surface area contributed by atoms with E-state index in [1.165, 1.54) is 199 Å². The maximum absolute atomic E-state index is 12.8. The predicted molar refractivity (Wildman–Crippen MR) is 275 cm³/mol. The summed E-state index contributed by atoms with van der Waals surface area (Å²) in [6.07, 6.45) is 50.9. The number of hydrogen-bond acceptors (Lipinski definition) is 6. The third kappa shape index (κ3) is 51.4. The van der Waals surface area contributed by atoms with Crippen LogP contribution in [0.3, 0.4) is 0 Å². The maximum atomic E-state index is 12.8. The van der Waals surface area contributed by atoms with Gasteiger partial charge in [-0.3, -0.25) is 14.4 Å². The second-order valence-electron chi connectivity index (χ2n) is 21.4. The first kappa shape index (κ1) is 62.4. The molecule has 1 atom stereocenters. The molecule has 0 N–H and O–H groups in total. The Morgan fingerprint density at radius 3 is 0.672 bits per heavy atom. The highest BCUT2D eigenvalue weighted by Crippen LogP contribution is 2.18. The minimum atomic E-state index is -0.763. The molecule has 0 amide bonds. The smallest absolute Gasteiger partial charge is 0.306 e. The summed E-state index contributed by atoms with van der Waals surface area (Å²) in [6, 6.07) is 0. The van der Waals surface area contributed by atoms with E-state index in [-0.39, 0.29) is 31.1 Å². The number of hydrogen-bond donors (Lipinski definition) is 0. The molecular formula is C58H112O6. The summed E-state index contributed by atoms with van der Waals surface area (Å²) < 4.78 is 16.9. The SMILES string of the molecule is CC(C)CCCCCCCCCCCCCCCCC(=O)OC[C@H](COC(=O)CCCCCCCCCCCCCCCC(C)C)OC(=O)CCCCCCCCCCCCC(C)C. The number of esters is 3. The lowest BCUT2D eigenvalue weighted by Crippen LogP contribution is -2.30. The zero-order valence-electron chi connectivity index (χ0n) is 44.1. The molecule has 0 rings (SSSR count). The van der Waals surface area contributed by atoms with Crippen LogP contribution in [0, 0.1) is 17.8 Å². The van der Waals surface area contributed by atoms with E-state index >= 15 is 0 Å². The van der Waals surface area contributed by atoms with Gasteiger partial charge in [0.2, 0.25) is 0 Å². The van der Waals surface area contributed by atoms with Gasteiger partial charge in [-0.2, -0.15) is 0 Å². The van der Waals surface area contributed by atoms with Crippen LogP contribution >= 0.6 is 0 Å². The summed E-state index contributed by atoms with van der Waals surface area (Å²) in [7, 11) is 0. The van der Waals surface area contributed by atoms with Crippen molar-refractivity contribution in [1.82, 2.24) is 0 Å². The van der Waals surface area contributed by atoms with Crippen molar-refractivity contribution in [1.29, 1.82) is 0 Å². The molecule has 0 heterocycles. The van der Waals surface area contributed by atoms with Crippen LogP contribution in [-0.2, 0) is 28.6 Å². The van der Waals surface area contributed by atoms with Crippen LogP contribution in [0.25, 0.3) is 0 Å². The van der Waals surface area contributed by atoms with Crippen molar-refractivity contribution in [2.75, 3.05) is 13.2 Å². The van der Waals surface area contributed by atoms with Crippen LogP contribution in [0.4, 0.5) is 0 Å². The maximum Gasteiger partial charge on any atom is 0.306 e. The van der Waals surface area contributed by atoms with E-state index < -0.39 is 6.10 Å². The molecule has 0 aliphatic rings. The molecule has 64 heavy (non-hydrogen) atoms. The molecule has 0 radical (unpaired) electrons. The first-order valence-electron chi connectivity index (χ1n) is 28.6. The first-order valence-corrected chi connectivity index (χ1v) is 28.6. The van der Waals surface area contributed by atoms with Crippen molar-refractivity contribution >= 4 is 17.9 Å². The summed E-state index contributed by atoms with van der Waals surface area (Å²) in [6.45, 7) is 13.8. The molecule has 0 aromatic heterocycles. The molecule has 0 aliphatic carbocycles. The Bertz CT molecular complexity index is 991. The van der Waals surface area contributed by atoms with Crippen LogP contribution < -0.4 is 0 Å². The summed E-state index contributed by atoms with van der Waals surface area (Å²) in [5.41, 5.74) is 0. The van der Waals surface area contributed by atoms with Crippen molar-refractivity contribution in [2.24, 2.45) is 17.8 Å². The fourth-order valence-corrected chi connectivity index (χ4v) is 8.82. The van der Waals surface area contributed by atoms with Crippen molar-refractivity contribution in [2.45, 2.75) is 324 Å². The summed E-state index contributed by atoms with van der Waals surface area (Å²) in [4.78, 5) is 38.1. The van der Waals surface area contributed by atoms with Gasteiger partial charge < -0.3 is 14.2 Å². The van der Waals surface area contributed by atoms with E-state index in [1.807, 2.05) is 0 Å². The average Bonchev–Trinajstić information content (AvgIpc) is 3.25. The lowest BCUT2D eigenvalue weighted by Gasteiger charge is -2.18. The van der Waals surface area contributed by atoms with Gasteiger partial charge in [0.25, 0.3) is 0 Å². The Morgan fingerprint density at radius 1 is 0.266 bits per heavy atom. The van der Waals surface area contributed by atoms with E-state index in [2.05, 4.69) is 41.5 Å². The van der Waals surface area contributed by atoms with E-state index in [0.717, 1.165) is 75.5 Å². The number of rotatable bonds is 51. The Labute approximate surface area is 399 Å². The van der Waals surface area contributed by atoms with Gasteiger partial charge in [0.1, 0.15) is 13.2 Å². The second kappa shape index (κ2) is 49.3. The van der Waals surface area contributed by atoms with Crippen LogP contribution in [0.1, 0.15) is 318 Å².